The number of nitrogens with one attached hydrogen (secondary N) is 2. The monoisotopic (exact) mass is 846 g/mol. The molecule has 0 aliphatic carbocycles. The summed E-state index contributed by atoms with van der Waals surface area (Å²) in [6.45, 7) is 1.36. The van der Waals surface area contributed by atoms with E-state index in [9.17, 15) is 19.2 Å². The summed E-state index contributed by atoms with van der Waals surface area (Å²) in [5.41, 5.74) is 13.0. The molecule has 0 unspecified atom stereocenters. The molecule has 0 atom stereocenters. The van der Waals surface area contributed by atoms with Gasteiger partial charge >= 0.3 is 23.9 Å². The van der Waals surface area contributed by atoms with Gasteiger partial charge < -0.3 is 28.9 Å². The zero-order valence-corrected chi connectivity index (χ0v) is 35.0. The number of ether oxygens (including phenoxy) is 4. The van der Waals surface area contributed by atoms with Crippen LogP contribution in [0.5, 0.6) is 5.75 Å². The van der Waals surface area contributed by atoms with Crippen LogP contribution in [0.25, 0.3) is 90.9 Å². The van der Waals surface area contributed by atoms with Crippen molar-refractivity contribution in [2.24, 2.45) is 0 Å². The fourth-order valence-electron chi connectivity index (χ4n) is 7.95. The fraction of sp³-hybridized carbons (Fsp3) is 0.0769. The van der Waals surface area contributed by atoms with Crippen molar-refractivity contribution < 1.29 is 38.1 Å². The number of benzene rings is 4. The third-order valence-electron chi connectivity index (χ3n) is 10.9. The molecule has 2 N–H and O–H groups in total. The van der Waals surface area contributed by atoms with Gasteiger partial charge in [0.05, 0.1) is 60.8 Å². The summed E-state index contributed by atoms with van der Waals surface area (Å²) in [7, 11) is 4.04. The van der Waals surface area contributed by atoms with Crippen molar-refractivity contribution >= 4 is 70.2 Å². The van der Waals surface area contributed by atoms with E-state index in [1.165, 1.54) is 28.3 Å². The minimum atomic E-state index is -0.452. The molecule has 314 valence electrons. The van der Waals surface area contributed by atoms with Crippen molar-refractivity contribution in [1.82, 2.24) is 19.9 Å². The number of methoxy groups -OCH3 is 3. The number of nitrogens with zero attached hydrogens (tertiary/aromatic N) is 2. The summed E-state index contributed by atoms with van der Waals surface area (Å²) in [6, 6.07) is 36.6. The molecular weight excluding hydrogens is 809 g/mol. The highest BCUT2D eigenvalue weighted by Crippen LogP contribution is 2.39. The third kappa shape index (κ3) is 7.75. The minimum Gasteiger partial charge on any atom is -0.465 e. The van der Waals surface area contributed by atoms with Gasteiger partial charge in [-0.2, -0.15) is 0 Å². The van der Waals surface area contributed by atoms with E-state index < -0.39 is 23.9 Å². The number of rotatable bonds is 8. The van der Waals surface area contributed by atoms with Crippen molar-refractivity contribution in [2.75, 3.05) is 21.3 Å². The van der Waals surface area contributed by atoms with Crippen LogP contribution >= 0.6 is 0 Å². The second-order valence-electron chi connectivity index (χ2n) is 14.8. The van der Waals surface area contributed by atoms with E-state index in [0.717, 1.165) is 66.6 Å². The minimum absolute atomic E-state index is 0.401. The van der Waals surface area contributed by atoms with Crippen LogP contribution in [0.3, 0.4) is 0 Å². The zero-order chi connectivity index (χ0) is 44.5. The lowest BCUT2D eigenvalue weighted by atomic mass is 10.0. The first-order valence-electron chi connectivity index (χ1n) is 20.1. The van der Waals surface area contributed by atoms with Crippen LogP contribution in [0, 0.1) is 0 Å². The van der Waals surface area contributed by atoms with Crippen LogP contribution in [-0.4, -0.2) is 65.1 Å². The van der Waals surface area contributed by atoms with E-state index in [0.29, 0.717) is 45.2 Å². The highest BCUT2D eigenvalue weighted by molar-refractivity contribution is 6.01. The Labute approximate surface area is 366 Å². The quantitative estimate of drug-likeness (QED) is 0.0855. The molecule has 9 rings (SSSR count). The number of aromatic amines is 2. The van der Waals surface area contributed by atoms with E-state index in [-0.39, 0.29) is 0 Å². The van der Waals surface area contributed by atoms with Gasteiger partial charge in [0, 0.05) is 51.2 Å². The van der Waals surface area contributed by atoms with E-state index in [1.807, 2.05) is 97.1 Å². The molecule has 2 aliphatic rings. The Bertz CT molecular complexity index is 3190. The van der Waals surface area contributed by atoms with Gasteiger partial charge in [-0.05, 0) is 119 Å². The second kappa shape index (κ2) is 17.0. The largest absolute Gasteiger partial charge is 0.465 e. The third-order valence-corrected chi connectivity index (χ3v) is 10.9. The molecule has 0 fully saturated rings. The summed E-state index contributed by atoms with van der Waals surface area (Å²) in [5.74, 6) is -1.38. The number of hydrogen-bond acceptors (Lipinski definition) is 10. The lowest BCUT2D eigenvalue weighted by Crippen LogP contribution is -2.00. The Hall–Kier alpha value is -8.64. The molecule has 0 amide bonds. The molecule has 0 saturated carbocycles. The molecule has 4 aromatic carbocycles. The number of esters is 4. The smallest absolute Gasteiger partial charge is 0.337 e. The normalized spacial score (nSPS) is 11.6. The molecule has 3 aromatic heterocycles. The van der Waals surface area contributed by atoms with Gasteiger partial charge in [0.2, 0.25) is 0 Å². The van der Waals surface area contributed by atoms with Gasteiger partial charge in [0.25, 0.3) is 0 Å². The summed E-state index contributed by atoms with van der Waals surface area (Å²) < 4.78 is 20.3. The van der Waals surface area contributed by atoms with Crippen LogP contribution in [0.2, 0.25) is 0 Å². The molecule has 7 aromatic rings. The second-order valence-corrected chi connectivity index (χ2v) is 14.8. The van der Waals surface area contributed by atoms with Crippen LogP contribution in [-0.2, 0) is 19.0 Å². The van der Waals surface area contributed by atoms with E-state index >= 15 is 0 Å². The topological polar surface area (TPSA) is 163 Å². The summed E-state index contributed by atoms with van der Waals surface area (Å²) in [5, 5.41) is 0. The van der Waals surface area contributed by atoms with Crippen molar-refractivity contribution in [3.8, 4) is 50.3 Å². The molecule has 12 heteroatoms. The lowest BCUT2D eigenvalue weighted by Gasteiger charge is -2.08. The van der Waals surface area contributed by atoms with Crippen LogP contribution < -0.4 is 4.74 Å². The number of fused-ring (bicyclic) bond motifs is 8. The predicted molar refractivity (Wildman–Crippen MR) is 246 cm³/mol. The first-order chi connectivity index (χ1) is 31.1. The van der Waals surface area contributed by atoms with E-state index in [2.05, 4.69) is 9.97 Å². The summed E-state index contributed by atoms with van der Waals surface area (Å²) in [6.07, 6.45) is 7.81. The van der Waals surface area contributed by atoms with Gasteiger partial charge in [0.15, 0.2) is 0 Å². The van der Waals surface area contributed by atoms with Gasteiger partial charge in [-0.1, -0.05) is 48.5 Å². The zero-order valence-electron chi connectivity index (χ0n) is 35.0. The molecular formula is C52H38N4O8. The number of hydrogen-bond donors (Lipinski definition) is 2. The van der Waals surface area contributed by atoms with Crippen LogP contribution in [0.15, 0.2) is 121 Å². The Balaban J connectivity index is 1.40. The Morgan fingerprint density at radius 2 is 0.656 bits per heavy atom. The SMILES string of the molecule is COC(=O)c1ccc(-c2c3nc(c(-c4ccc(C(=O)OC)cc4)c4ccc([nH]4)c(-c4ccc(C(=O)OC)cc4)c4nc(c(-c5ccc(OC(C)=O)cc5)c5ccc2[nH]5)C=C4)C=C3)cc1. The van der Waals surface area contributed by atoms with Crippen molar-refractivity contribution in [2.45, 2.75) is 6.92 Å². The Morgan fingerprint density at radius 3 is 0.906 bits per heavy atom. The summed E-state index contributed by atoms with van der Waals surface area (Å²) in [4.78, 5) is 67.2. The highest BCUT2D eigenvalue weighted by atomic mass is 16.5. The standard InChI is InChI=1S/C52H38N4O8/c1-29(57)64-37-19-17-33(18-20-37)49-44-27-25-42(55-44)47(31-7-13-35(14-8-31)51(59)62-3)40-23-21-38(53-40)46(30-5-11-34(12-6-30)50(58)61-2)39-22-24-41(54-39)48(43-26-28-45(49)56-43)32-9-15-36(16-10-32)52(60)63-4/h5-28,53,56H,1-4H3. The first-order valence-corrected chi connectivity index (χ1v) is 20.1. The first kappa shape index (κ1) is 40.7. The maximum absolute atomic E-state index is 12.5. The molecule has 12 nitrogen and oxygen atoms in total. The number of carbonyl (C=O) groups is 4. The van der Waals surface area contributed by atoms with Crippen LogP contribution in [0.4, 0.5) is 0 Å². The molecule has 8 bridgehead atoms. The van der Waals surface area contributed by atoms with Crippen molar-refractivity contribution in [3.05, 3.63) is 161 Å². The van der Waals surface area contributed by atoms with Crippen LogP contribution in [0.1, 0.15) is 60.8 Å². The van der Waals surface area contributed by atoms with Gasteiger partial charge in [-0.25, -0.2) is 24.4 Å². The molecule has 64 heavy (non-hydrogen) atoms. The van der Waals surface area contributed by atoms with Gasteiger partial charge in [-0.15, -0.1) is 0 Å². The molecule has 0 saturated heterocycles. The highest BCUT2D eigenvalue weighted by Gasteiger charge is 2.20. The van der Waals surface area contributed by atoms with E-state index in [1.54, 1.807) is 48.5 Å². The lowest BCUT2D eigenvalue weighted by molar-refractivity contribution is -0.131. The Kier molecular flexibility index (Phi) is 10.8. The number of aromatic nitrogens is 4. The average molecular weight is 847 g/mol. The Morgan fingerprint density at radius 1 is 0.391 bits per heavy atom. The maximum atomic E-state index is 12.5. The number of carbonyl (C=O) groups excluding carboxylic acids is 4. The maximum Gasteiger partial charge on any atom is 0.337 e. The van der Waals surface area contributed by atoms with Crippen molar-refractivity contribution in [3.63, 3.8) is 0 Å². The molecule has 5 heterocycles. The predicted octanol–water partition coefficient (Wildman–Crippen LogP) is 10.6. The number of H-pyrrole nitrogens is 2. The van der Waals surface area contributed by atoms with Gasteiger partial charge in [-0.3, -0.25) is 4.79 Å². The van der Waals surface area contributed by atoms with E-state index in [4.69, 9.17) is 28.9 Å². The average Bonchev–Trinajstić information content (AvgIpc) is 4.18. The van der Waals surface area contributed by atoms with Crippen molar-refractivity contribution in [1.29, 1.82) is 0 Å². The fourth-order valence-corrected chi connectivity index (χ4v) is 7.95. The summed E-state index contributed by atoms with van der Waals surface area (Å²) >= 11 is 0. The molecule has 0 radical (unpaired) electrons. The molecule has 2 aliphatic heterocycles. The van der Waals surface area contributed by atoms with Gasteiger partial charge in [0.1, 0.15) is 5.75 Å². The molecule has 0 spiro atoms.